The van der Waals surface area contributed by atoms with E-state index in [2.05, 4.69) is 15.8 Å². The molecule has 0 atom stereocenters. The Labute approximate surface area is 191 Å². The number of hydrazone groups is 1. The van der Waals surface area contributed by atoms with Crippen molar-refractivity contribution in [2.24, 2.45) is 5.10 Å². The summed E-state index contributed by atoms with van der Waals surface area (Å²) in [6, 6.07) is 11.6. The molecular formula is C20H15Cl2N3O3S2. The largest absolute Gasteiger partial charge is 0.506 e. The van der Waals surface area contributed by atoms with Crippen LogP contribution in [0.1, 0.15) is 22.8 Å². The third-order valence-electron chi connectivity index (χ3n) is 4.04. The van der Waals surface area contributed by atoms with Gasteiger partial charge in [-0.15, -0.1) is 11.3 Å². The lowest BCUT2D eigenvalue weighted by Crippen LogP contribution is -2.25. The minimum Gasteiger partial charge on any atom is -0.506 e. The normalized spacial score (nSPS) is 11.2. The van der Waals surface area contributed by atoms with Crippen molar-refractivity contribution in [2.45, 2.75) is 6.92 Å². The van der Waals surface area contributed by atoms with E-state index in [0.717, 1.165) is 5.56 Å². The highest BCUT2D eigenvalue weighted by Gasteiger charge is 2.15. The van der Waals surface area contributed by atoms with Gasteiger partial charge >= 0.3 is 5.97 Å². The topological polar surface area (TPSA) is 94.0 Å². The summed E-state index contributed by atoms with van der Waals surface area (Å²) in [6.45, 7) is 1.74. The number of nitrogens with one attached hydrogen (secondary N) is 2. The predicted molar refractivity (Wildman–Crippen MR) is 126 cm³/mol. The van der Waals surface area contributed by atoms with Gasteiger partial charge in [-0.3, -0.25) is 5.43 Å². The van der Waals surface area contributed by atoms with Crippen LogP contribution in [-0.2, 0) is 0 Å². The Balaban J connectivity index is 1.69. The predicted octanol–water partition coefficient (Wildman–Crippen LogP) is 5.84. The minimum atomic E-state index is -1.11. The van der Waals surface area contributed by atoms with Crippen LogP contribution in [0.25, 0.3) is 10.4 Å². The maximum absolute atomic E-state index is 11.0. The van der Waals surface area contributed by atoms with E-state index in [-0.39, 0.29) is 21.4 Å². The van der Waals surface area contributed by atoms with Crippen LogP contribution >= 0.6 is 46.8 Å². The maximum Gasteiger partial charge on any atom is 0.337 e. The van der Waals surface area contributed by atoms with Gasteiger partial charge in [0.15, 0.2) is 5.11 Å². The van der Waals surface area contributed by atoms with Crippen LogP contribution in [0.2, 0.25) is 10.0 Å². The first-order valence-electron chi connectivity index (χ1n) is 8.47. The molecule has 154 valence electrons. The van der Waals surface area contributed by atoms with Crippen molar-refractivity contribution in [2.75, 3.05) is 5.32 Å². The second-order valence-corrected chi connectivity index (χ2v) is 8.23. The van der Waals surface area contributed by atoms with Gasteiger partial charge in [0.2, 0.25) is 0 Å². The monoisotopic (exact) mass is 479 g/mol. The molecule has 0 aliphatic carbocycles. The Bertz CT molecular complexity index is 1140. The van der Waals surface area contributed by atoms with E-state index in [9.17, 15) is 9.90 Å². The molecule has 0 unspecified atom stereocenters. The molecule has 3 rings (SSSR count). The molecule has 0 bridgehead atoms. The van der Waals surface area contributed by atoms with Crippen LogP contribution in [0.4, 0.5) is 5.69 Å². The molecule has 0 saturated heterocycles. The van der Waals surface area contributed by atoms with Crippen molar-refractivity contribution < 1.29 is 15.0 Å². The van der Waals surface area contributed by atoms with Crippen molar-refractivity contribution >= 4 is 69.2 Å². The van der Waals surface area contributed by atoms with E-state index < -0.39 is 5.97 Å². The number of aromatic carboxylic acids is 1. The first-order valence-corrected chi connectivity index (χ1v) is 10.5. The number of carboxylic acid groups (broad SMARTS) is 1. The second kappa shape index (κ2) is 9.44. The number of hydrogen-bond acceptors (Lipinski definition) is 5. The van der Waals surface area contributed by atoms with E-state index in [1.54, 1.807) is 30.5 Å². The Morgan fingerprint density at radius 3 is 2.47 bits per heavy atom. The van der Waals surface area contributed by atoms with Crippen LogP contribution in [0.5, 0.6) is 5.75 Å². The van der Waals surface area contributed by atoms with Crippen molar-refractivity contribution in [3.05, 3.63) is 69.0 Å². The number of halogens is 2. The summed E-state index contributed by atoms with van der Waals surface area (Å²) in [7, 11) is 0. The molecule has 3 aromatic rings. The molecule has 0 spiro atoms. The first kappa shape index (κ1) is 22.0. The van der Waals surface area contributed by atoms with Crippen LogP contribution in [-0.4, -0.2) is 27.0 Å². The molecule has 1 aromatic heterocycles. The molecule has 0 amide bonds. The summed E-state index contributed by atoms with van der Waals surface area (Å²) in [5, 5.41) is 29.4. The summed E-state index contributed by atoms with van der Waals surface area (Å²) in [4.78, 5) is 11.7. The van der Waals surface area contributed by atoms with Crippen molar-refractivity contribution in [3.8, 4) is 16.2 Å². The second-order valence-electron chi connectivity index (χ2n) is 6.10. The molecule has 1 heterocycles. The number of carbonyl (C=O) groups is 1. The highest BCUT2D eigenvalue weighted by Crippen LogP contribution is 2.39. The zero-order valence-corrected chi connectivity index (χ0v) is 18.6. The van der Waals surface area contributed by atoms with E-state index in [4.69, 9.17) is 40.5 Å². The molecule has 4 N–H and O–H groups in total. The van der Waals surface area contributed by atoms with Crippen LogP contribution in [0.15, 0.2) is 52.9 Å². The summed E-state index contributed by atoms with van der Waals surface area (Å²) in [6.07, 6.45) is 0. The van der Waals surface area contributed by atoms with Gasteiger partial charge in [-0.05, 0) is 55.0 Å². The molecule has 10 heteroatoms. The third kappa shape index (κ3) is 5.09. The fraction of sp³-hybridized carbons (Fsp3) is 0.0500. The number of hydrogen-bond donors (Lipinski definition) is 4. The molecular weight excluding hydrogens is 465 g/mol. The van der Waals surface area contributed by atoms with Gasteiger partial charge in [-0.2, -0.15) is 5.10 Å². The number of anilines is 1. The number of carboxylic acids is 1. The molecule has 0 saturated carbocycles. The number of rotatable bonds is 5. The fourth-order valence-corrected chi connectivity index (χ4v) is 4.10. The van der Waals surface area contributed by atoms with Gasteiger partial charge in [-0.25, -0.2) is 4.79 Å². The van der Waals surface area contributed by atoms with Gasteiger partial charge in [0.1, 0.15) is 5.75 Å². The number of benzene rings is 2. The smallest absolute Gasteiger partial charge is 0.337 e. The van der Waals surface area contributed by atoms with Crippen LogP contribution in [0, 0.1) is 0 Å². The van der Waals surface area contributed by atoms with Crippen molar-refractivity contribution in [1.29, 1.82) is 0 Å². The highest BCUT2D eigenvalue weighted by atomic mass is 35.5. The molecule has 0 aliphatic heterocycles. The number of nitrogens with zero attached hydrogens (tertiary/aromatic N) is 1. The molecule has 0 radical (unpaired) electrons. The molecule has 0 fully saturated rings. The molecule has 30 heavy (non-hydrogen) atoms. The Morgan fingerprint density at radius 2 is 1.83 bits per heavy atom. The van der Waals surface area contributed by atoms with E-state index in [1.165, 1.54) is 23.5 Å². The molecule has 2 aromatic carbocycles. The number of aromatic hydroxyl groups is 1. The zero-order valence-electron chi connectivity index (χ0n) is 15.4. The maximum atomic E-state index is 11.0. The zero-order chi connectivity index (χ0) is 21.8. The quantitative estimate of drug-likeness (QED) is 0.208. The van der Waals surface area contributed by atoms with Gasteiger partial charge in [0.25, 0.3) is 0 Å². The molecule has 0 aliphatic rings. The molecule has 6 nitrogen and oxygen atoms in total. The average molecular weight is 480 g/mol. The van der Waals surface area contributed by atoms with E-state index in [1.807, 2.05) is 12.1 Å². The fourth-order valence-electron chi connectivity index (χ4n) is 2.53. The standard InChI is InChI=1S/C20H15Cl2N3O3S2/c1-10(15-9-30-18(17(15)26)11-2-4-12(21)5-3-11)24-25-20(29)23-13-6-7-14(19(27)28)16(22)8-13/h2-9,26H,1H3,(H,27,28)(H2,23,25,29)/b24-10+. The highest BCUT2D eigenvalue weighted by molar-refractivity contribution is 7.80. The van der Waals surface area contributed by atoms with Crippen LogP contribution in [0.3, 0.4) is 0 Å². The average Bonchev–Trinajstić information content (AvgIpc) is 3.08. The Hall–Kier alpha value is -2.65. The third-order valence-corrected chi connectivity index (χ3v) is 5.82. The van der Waals surface area contributed by atoms with Gasteiger partial charge in [0, 0.05) is 16.1 Å². The van der Waals surface area contributed by atoms with E-state index >= 15 is 0 Å². The Kier molecular flexibility index (Phi) is 6.94. The van der Waals surface area contributed by atoms with Gasteiger partial charge in [0.05, 0.1) is 26.7 Å². The number of thiocarbonyl (C=S) groups is 1. The lowest BCUT2D eigenvalue weighted by atomic mass is 10.1. The van der Waals surface area contributed by atoms with Gasteiger partial charge in [-0.1, -0.05) is 35.3 Å². The summed E-state index contributed by atoms with van der Waals surface area (Å²) < 4.78 is 0. The number of thiophene rings is 1. The minimum absolute atomic E-state index is 0.000570. The van der Waals surface area contributed by atoms with Gasteiger partial charge < -0.3 is 15.5 Å². The lowest BCUT2D eigenvalue weighted by molar-refractivity contribution is 0.0697. The lowest BCUT2D eigenvalue weighted by Gasteiger charge is -2.09. The van der Waals surface area contributed by atoms with Crippen molar-refractivity contribution in [3.63, 3.8) is 0 Å². The Morgan fingerprint density at radius 1 is 1.13 bits per heavy atom. The SMILES string of the molecule is C/C(=N\NC(=S)Nc1ccc(C(=O)O)c(Cl)c1)c1csc(-c2ccc(Cl)cc2)c1O. The summed E-state index contributed by atoms with van der Waals surface area (Å²) in [5.41, 5.74) is 5.17. The summed E-state index contributed by atoms with van der Waals surface area (Å²) in [5.74, 6) is -0.985. The van der Waals surface area contributed by atoms with Crippen molar-refractivity contribution in [1.82, 2.24) is 5.43 Å². The first-order chi connectivity index (χ1) is 14.3. The van der Waals surface area contributed by atoms with Crippen LogP contribution < -0.4 is 10.7 Å². The van der Waals surface area contributed by atoms with E-state index in [0.29, 0.717) is 26.9 Å². The summed E-state index contributed by atoms with van der Waals surface area (Å²) >= 11 is 18.5.